The van der Waals surface area contributed by atoms with Crippen molar-refractivity contribution in [1.82, 2.24) is 9.97 Å². The van der Waals surface area contributed by atoms with Gasteiger partial charge in [0.1, 0.15) is 5.82 Å². The molecular weight excluding hydrogens is 344 g/mol. The Labute approximate surface area is 126 Å². The summed E-state index contributed by atoms with van der Waals surface area (Å²) in [6.45, 7) is 3.82. The quantitative estimate of drug-likeness (QED) is 0.754. The van der Waals surface area contributed by atoms with Crippen LogP contribution in [0.25, 0.3) is 0 Å². The molecule has 0 saturated carbocycles. The highest BCUT2D eigenvalue weighted by Crippen LogP contribution is 2.10. The Morgan fingerprint density at radius 3 is 2.10 bits per heavy atom. The summed E-state index contributed by atoms with van der Waals surface area (Å²) in [6.07, 6.45) is 1.76. The molecule has 0 aliphatic heterocycles. The SMILES string of the molecule is Cc1ncc(Br)c(C)n1.Nc1ccc(S(N)(=O)=O)cc1. The fraction of sp³-hybridized carbons (Fsp3) is 0.167. The number of hydrogen-bond donors (Lipinski definition) is 2. The number of halogens is 1. The first kappa shape index (κ1) is 16.5. The van der Waals surface area contributed by atoms with Gasteiger partial charge in [0.2, 0.25) is 10.0 Å². The summed E-state index contributed by atoms with van der Waals surface area (Å²) in [6, 6.07) is 5.70. The zero-order valence-corrected chi connectivity index (χ0v) is 13.4. The Balaban J connectivity index is 0.000000204. The maximum Gasteiger partial charge on any atom is 0.238 e. The van der Waals surface area contributed by atoms with Gasteiger partial charge in [-0.1, -0.05) is 0 Å². The van der Waals surface area contributed by atoms with E-state index < -0.39 is 10.0 Å². The van der Waals surface area contributed by atoms with Gasteiger partial charge >= 0.3 is 0 Å². The van der Waals surface area contributed by atoms with Crippen molar-refractivity contribution < 1.29 is 8.42 Å². The molecule has 0 unspecified atom stereocenters. The van der Waals surface area contributed by atoms with Crippen LogP contribution in [0.5, 0.6) is 0 Å². The van der Waals surface area contributed by atoms with Gasteiger partial charge in [-0.15, -0.1) is 0 Å². The average molecular weight is 359 g/mol. The Morgan fingerprint density at radius 1 is 1.15 bits per heavy atom. The van der Waals surface area contributed by atoms with Crippen LogP contribution in [-0.2, 0) is 10.0 Å². The van der Waals surface area contributed by atoms with E-state index >= 15 is 0 Å². The van der Waals surface area contributed by atoms with E-state index in [9.17, 15) is 8.42 Å². The van der Waals surface area contributed by atoms with Gasteiger partial charge in [-0.3, -0.25) is 0 Å². The van der Waals surface area contributed by atoms with Crippen LogP contribution < -0.4 is 10.9 Å². The Kier molecular flexibility index (Phi) is 5.61. The third-order valence-electron chi connectivity index (χ3n) is 2.25. The van der Waals surface area contributed by atoms with Gasteiger partial charge in [0, 0.05) is 11.9 Å². The third-order valence-corrected chi connectivity index (χ3v) is 3.96. The van der Waals surface area contributed by atoms with Crippen molar-refractivity contribution in [3.63, 3.8) is 0 Å². The maximum atomic E-state index is 10.7. The third kappa shape index (κ3) is 5.24. The van der Waals surface area contributed by atoms with E-state index in [0.717, 1.165) is 16.0 Å². The number of hydrogen-bond acceptors (Lipinski definition) is 5. The average Bonchev–Trinajstić information content (AvgIpc) is 2.34. The van der Waals surface area contributed by atoms with Crippen LogP contribution in [0.1, 0.15) is 11.5 Å². The molecular formula is C12H15BrN4O2S. The van der Waals surface area contributed by atoms with Crippen molar-refractivity contribution in [3.8, 4) is 0 Å². The predicted molar refractivity (Wildman–Crippen MR) is 81.4 cm³/mol. The summed E-state index contributed by atoms with van der Waals surface area (Å²) in [5, 5.41) is 4.84. The van der Waals surface area contributed by atoms with Gasteiger partial charge in [0.25, 0.3) is 0 Å². The minimum atomic E-state index is -3.58. The molecule has 0 radical (unpaired) electrons. The van der Waals surface area contributed by atoms with Gasteiger partial charge in [-0.05, 0) is 54.0 Å². The number of nitrogens with two attached hydrogens (primary N) is 2. The number of sulfonamides is 1. The van der Waals surface area contributed by atoms with Crippen LogP contribution in [0.15, 0.2) is 39.8 Å². The van der Waals surface area contributed by atoms with Crippen LogP contribution in [-0.4, -0.2) is 18.4 Å². The first-order valence-electron chi connectivity index (χ1n) is 5.54. The molecule has 0 amide bonds. The van der Waals surface area contributed by atoms with E-state index in [4.69, 9.17) is 10.9 Å². The van der Waals surface area contributed by atoms with Crippen LogP contribution in [0.2, 0.25) is 0 Å². The second-order valence-electron chi connectivity index (χ2n) is 3.96. The number of aryl methyl sites for hydroxylation is 2. The number of aromatic nitrogens is 2. The van der Waals surface area contributed by atoms with Gasteiger partial charge in [0.05, 0.1) is 15.1 Å². The first-order chi connectivity index (χ1) is 9.20. The molecule has 1 aromatic carbocycles. The highest BCUT2D eigenvalue weighted by atomic mass is 79.9. The molecule has 0 atom stereocenters. The van der Waals surface area contributed by atoms with E-state index in [-0.39, 0.29) is 4.90 Å². The zero-order valence-electron chi connectivity index (χ0n) is 11.0. The normalized spacial score (nSPS) is 10.6. The summed E-state index contributed by atoms with van der Waals surface area (Å²) in [5.74, 6) is 0.815. The minimum absolute atomic E-state index is 0.0756. The summed E-state index contributed by atoms with van der Waals surface area (Å²) < 4.78 is 22.3. The number of primary sulfonamides is 1. The molecule has 108 valence electrons. The van der Waals surface area contributed by atoms with Gasteiger partial charge < -0.3 is 5.73 Å². The topological polar surface area (TPSA) is 112 Å². The van der Waals surface area contributed by atoms with Crippen molar-refractivity contribution in [2.45, 2.75) is 18.7 Å². The summed E-state index contributed by atoms with van der Waals surface area (Å²) >= 11 is 3.30. The summed E-state index contributed by atoms with van der Waals surface area (Å²) in [7, 11) is -3.58. The lowest BCUT2D eigenvalue weighted by Crippen LogP contribution is -2.11. The van der Waals surface area contributed by atoms with Crippen molar-refractivity contribution >= 4 is 31.6 Å². The lowest BCUT2D eigenvalue weighted by Gasteiger charge is -1.96. The monoisotopic (exact) mass is 358 g/mol. The van der Waals surface area contributed by atoms with Crippen molar-refractivity contribution in [3.05, 3.63) is 46.5 Å². The number of benzene rings is 1. The van der Waals surface area contributed by atoms with E-state index in [1.54, 1.807) is 6.20 Å². The van der Waals surface area contributed by atoms with E-state index in [1.807, 2.05) is 13.8 Å². The van der Waals surface area contributed by atoms with Crippen LogP contribution in [0.3, 0.4) is 0 Å². The standard InChI is InChI=1S/C6H7BrN2.C6H8N2O2S/c1-4-6(7)3-8-5(2)9-4;7-5-1-3-6(4-2-5)11(8,9)10/h3H,1-2H3;1-4H,7H2,(H2,8,9,10). The fourth-order valence-electron chi connectivity index (χ4n) is 1.23. The lowest BCUT2D eigenvalue weighted by atomic mass is 10.3. The lowest BCUT2D eigenvalue weighted by molar-refractivity contribution is 0.598. The molecule has 0 bridgehead atoms. The fourth-order valence-corrected chi connectivity index (χ4v) is 1.93. The molecule has 0 aliphatic rings. The maximum absolute atomic E-state index is 10.7. The molecule has 1 aromatic heterocycles. The Morgan fingerprint density at radius 2 is 1.70 bits per heavy atom. The number of nitrogen functional groups attached to an aromatic ring is 1. The largest absolute Gasteiger partial charge is 0.399 e. The van der Waals surface area contributed by atoms with Crippen molar-refractivity contribution in [2.24, 2.45) is 5.14 Å². The molecule has 0 fully saturated rings. The molecule has 2 rings (SSSR count). The smallest absolute Gasteiger partial charge is 0.238 e. The van der Waals surface area contributed by atoms with Crippen LogP contribution in [0, 0.1) is 13.8 Å². The first-order valence-corrected chi connectivity index (χ1v) is 7.88. The Bertz CT molecular complexity index is 687. The van der Waals surface area contributed by atoms with Gasteiger partial charge in [-0.2, -0.15) is 0 Å². The number of anilines is 1. The molecule has 0 saturated heterocycles. The van der Waals surface area contributed by atoms with Crippen LogP contribution >= 0.6 is 15.9 Å². The molecule has 0 spiro atoms. The van der Waals surface area contributed by atoms with Crippen LogP contribution in [0.4, 0.5) is 5.69 Å². The van der Waals surface area contributed by atoms with E-state index in [1.165, 1.54) is 24.3 Å². The van der Waals surface area contributed by atoms with E-state index in [2.05, 4.69) is 25.9 Å². The van der Waals surface area contributed by atoms with Gasteiger partial charge in [-0.25, -0.2) is 23.5 Å². The zero-order chi connectivity index (χ0) is 15.3. The molecule has 0 aliphatic carbocycles. The second kappa shape index (κ2) is 6.78. The predicted octanol–water partition coefficient (Wildman–Crippen LogP) is 1.77. The minimum Gasteiger partial charge on any atom is -0.399 e. The van der Waals surface area contributed by atoms with Crippen molar-refractivity contribution in [1.29, 1.82) is 0 Å². The molecule has 8 heteroatoms. The molecule has 6 nitrogen and oxygen atoms in total. The van der Waals surface area contributed by atoms with Crippen molar-refractivity contribution in [2.75, 3.05) is 5.73 Å². The molecule has 4 N–H and O–H groups in total. The molecule has 1 heterocycles. The highest BCUT2D eigenvalue weighted by molar-refractivity contribution is 9.10. The summed E-state index contributed by atoms with van der Waals surface area (Å²) in [5.41, 5.74) is 6.83. The van der Waals surface area contributed by atoms with Gasteiger partial charge in [0.15, 0.2) is 0 Å². The second-order valence-corrected chi connectivity index (χ2v) is 6.38. The Hall–Kier alpha value is -1.51. The molecule has 20 heavy (non-hydrogen) atoms. The number of rotatable bonds is 1. The number of nitrogens with zero attached hydrogens (tertiary/aromatic N) is 2. The summed E-state index contributed by atoms with van der Waals surface area (Å²) in [4.78, 5) is 8.17. The molecule has 2 aromatic rings. The highest BCUT2D eigenvalue weighted by Gasteiger charge is 2.05. The van der Waals surface area contributed by atoms with E-state index in [0.29, 0.717) is 5.69 Å².